The van der Waals surface area contributed by atoms with Crippen LogP contribution in [0.15, 0.2) is 59.7 Å². The minimum absolute atomic E-state index is 0.101. The fourth-order valence-electron chi connectivity index (χ4n) is 2.16. The van der Waals surface area contributed by atoms with E-state index in [9.17, 15) is 9.50 Å². The highest BCUT2D eigenvalue weighted by Gasteiger charge is 2.08. The van der Waals surface area contributed by atoms with Crippen molar-refractivity contribution in [3.63, 3.8) is 0 Å². The number of anilines is 1. The Morgan fingerprint density at radius 3 is 2.62 bits per heavy atom. The normalized spacial score (nSPS) is 10.9. The number of aromatic hydroxyl groups is 1. The molecule has 1 heterocycles. The number of benzene rings is 2. The molecule has 3 aromatic rings. The minimum Gasteiger partial charge on any atom is -0.507 e. The maximum Gasteiger partial charge on any atom is 0.165 e. The van der Waals surface area contributed by atoms with Crippen LogP contribution in [0.4, 0.5) is 10.2 Å². The van der Waals surface area contributed by atoms with Crippen molar-refractivity contribution in [2.45, 2.75) is 6.92 Å². The summed E-state index contributed by atoms with van der Waals surface area (Å²) in [7, 11) is 0. The quantitative estimate of drug-likeness (QED) is 0.567. The van der Waals surface area contributed by atoms with E-state index in [1.807, 2.05) is 6.92 Å². The van der Waals surface area contributed by atoms with E-state index in [1.165, 1.54) is 12.3 Å². The average Bonchev–Trinajstić information content (AvgIpc) is 2.56. The van der Waals surface area contributed by atoms with Gasteiger partial charge < -0.3 is 5.11 Å². The van der Waals surface area contributed by atoms with Crippen LogP contribution in [-0.4, -0.2) is 21.3 Å². The third kappa shape index (κ3) is 3.55. The van der Waals surface area contributed by atoms with E-state index in [0.717, 1.165) is 0 Å². The minimum atomic E-state index is -0.350. The van der Waals surface area contributed by atoms with Crippen molar-refractivity contribution in [2.75, 3.05) is 5.43 Å². The van der Waals surface area contributed by atoms with Crippen LogP contribution in [0.3, 0.4) is 0 Å². The fourth-order valence-corrected chi connectivity index (χ4v) is 2.16. The van der Waals surface area contributed by atoms with Crippen LogP contribution in [0.1, 0.15) is 11.3 Å². The molecule has 0 aliphatic heterocycles. The molecule has 24 heavy (non-hydrogen) atoms. The third-order valence-electron chi connectivity index (χ3n) is 3.29. The zero-order chi connectivity index (χ0) is 16.9. The Morgan fingerprint density at radius 2 is 1.83 bits per heavy atom. The molecule has 0 aliphatic rings. The van der Waals surface area contributed by atoms with Gasteiger partial charge >= 0.3 is 0 Å². The molecular weight excluding hydrogens is 307 g/mol. The van der Waals surface area contributed by atoms with Gasteiger partial charge in [-0.05, 0) is 25.1 Å². The second-order valence-corrected chi connectivity index (χ2v) is 5.13. The van der Waals surface area contributed by atoms with Gasteiger partial charge in [0.2, 0.25) is 0 Å². The number of hydrazone groups is 1. The molecule has 0 saturated carbocycles. The fraction of sp³-hybridized carbons (Fsp3) is 0.0556. The van der Waals surface area contributed by atoms with Crippen molar-refractivity contribution < 1.29 is 9.50 Å². The van der Waals surface area contributed by atoms with Gasteiger partial charge in [-0.25, -0.2) is 14.4 Å². The Labute approximate surface area is 138 Å². The molecule has 120 valence electrons. The highest BCUT2D eigenvalue weighted by molar-refractivity contribution is 5.80. The molecule has 6 heteroatoms. The summed E-state index contributed by atoms with van der Waals surface area (Å²) in [6.07, 6.45) is 1.38. The number of halogens is 1. The molecule has 0 saturated heterocycles. The maximum atomic E-state index is 13.5. The number of aromatic nitrogens is 2. The number of hydrogen-bond acceptors (Lipinski definition) is 5. The van der Waals surface area contributed by atoms with E-state index < -0.39 is 0 Å². The molecule has 0 aliphatic carbocycles. The van der Waals surface area contributed by atoms with Crippen LogP contribution in [0, 0.1) is 12.7 Å². The Morgan fingerprint density at radius 1 is 1.08 bits per heavy atom. The molecule has 1 aromatic heterocycles. The van der Waals surface area contributed by atoms with Crippen LogP contribution < -0.4 is 5.43 Å². The van der Waals surface area contributed by atoms with Crippen LogP contribution in [0.25, 0.3) is 11.4 Å². The van der Waals surface area contributed by atoms with Crippen molar-refractivity contribution in [2.24, 2.45) is 5.10 Å². The monoisotopic (exact) mass is 322 g/mol. The predicted octanol–water partition coefficient (Wildman–Crippen LogP) is 3.74. The van der Waals surface area contributed by atoms with Crippen molar-refractivity contribution in [3.05, 3.63) is 71.7 Å². The van der Waals surface area contributed by atoms with Crippen molar-refractivity contribution in [1.82, 2.24) is 9.97 Å². The van der Waals surface area contributed by atoms with Gasteiger partial charge in [0.05, 0.1) is 11.8 Å². The molecule has 0 atom stereocenters. The van der Waals surface area contributed by atoms with E-state index in [1.54, 1.807) is 48.5 Å². The van der Waals surface area contributed by atoms with Gasteiger partial charge in [0.1, 0.15) is 11.6 Å². The van der Waals surface area contributed by atoms with E-state index in [4.69, 9.17) is 0 Å². The lowest BCUT2D eigenvalue weighted by Gasteiger charge is -2.07. The number of para-hydroxylation sites is 1. The molecule has 5 nitrogen and oxygen atoms in total. The van der Waals surface area contributed by atoms with Crippen molar-refractivity contribution in [3.8, 4) is 17.1 Å². The summed E-state index contributed by atoms with van der Waals surface area (Å²) in [6.45, 7) is 1.82. The van der Waals surface area contributed by atoms with Gasteiger partial charge in [-0.3, -0.25) is 5.43 Å². The molecule has 2 aromatic carbocycles. The largest absolute Gasteiger partial charge is 0.507 e. The highest BCUT2D eigenvalue weighted by Crippen LogP contribution is 2.26. The van der Waals surface area contributed by atoms with Gasteiger partial charge in [-0.1, -0.05) is 30.3 Å². The van der Waals surface area contributed by atoms with E-state index in [2.05, 4.69) is 20.5 Å². The molecule has 0 spiro atoms. The first-order chi connectivity index (χ1) is 11.6. The summed E-state index contributed by atoms with van der Waals surface area (Å²) < 4.78 is 13.5. The predicted molar refractivity (Wildman–Crippen MR) is 91.5 cm³/mol. The number of hydrogen-bond donors (Lipinski definition) is 2. The van der Waals surface area contributed by atoms with Crippen molar-refractivity contribution >= 4 is 12.0 Å². The highest BCUT2D eigenvalue weighted by atomic mass is 19.1. The maximum absolute atomic E-state index is 13.5. The second kappa shape index (κ2) is 6.87. The number of nitrogens with zero attached hydrogens (tertiary/aromatic N) is 3. The average molecular weight is 322 g/mol. The van der Waals surface area contributed by atoms with Gasteiger partial charge in [0, 0.05) is 17.3 Å². The third-order valence-corrected chi connectivity index (χ3v) is 3.29. The van der Waals surface area contributed by atoms with Gasteiger partial charge in [0.25, 0.3) is 0 Å². The Balaban J connectivity index is 1.85. The van der Waals surface area contributed by atoms with Gasteiger partial charge in [-0.15, -0.1) is 0 Å². The van der Waals surface area contributed by atoms with Crippen molar-refractivity contribution in [1.29, 1.82) is 0 Å². The summed E-state index contributed by atoms with van der Waals surface area (Å²) in [6, 6.07) is 14.9. The Kier molecular flexibility index (Phi) is 4.47. The van der Waals surface area contributed by atoms with Crippen LogP contribution in [0.5, 0.6) is 5.75 Å². The topological polar surface area (TPSA) is 70.4 Å². The Bertz CT molecular complexity index is 896. The zero-order valence-electron chi connectivity index (χ0n) is 12.9. The van der Waals surface area contributed by atoms with Gasteiger partial charge in [0.15, 0.2) is 11.6 Å². The molecular formula is C18H15FN4O. The lowest BCUT2D eigenvalue weighted by atomic mass is 10.2. The number of rotatable bonds is 4. The van der Waals surface area contributed by atoms with E-state index >= 15 is 0 Å². The summed E-state index contributed by atoms with van der Waals surface area (Å²) in [4.78, 5) is 8.65. The molecule has 0 bridgehead atoms. The van der Waals surface area contributed by atoms with E-state index in [-0.39, 0.29) is 11.6 Å². The summed E-state index contributed by atoms with van der Waals surface area (Å²) in [5, 5.41) is 13.9. The lowest BCUT2D eigenvalue weighted by molar-refractivity contribution is 0.477. The molecule has 2 N–H and O–H groups in total. The number of phenolic OH excluding ortho intramolecular Hbond substituents is 1. The first-order valence-corrected chi connectivity index (χ1v) is 7.31. The summed E-state index contributed by atoms with van der Waals surface area (Å²) in [5.41, 5.74) is 4.38. The first-order valence-electron chi connectivity index (χ1n) is 7.31. The lowest BCUT2D eigenvalue weighted by Crippen LogP contribution is -1.99. The van der Waals surface area contributed by atoms with Gasteiger partial charge in [-0.2, -0.15) is 5.10 Å². The summed E-state index contributed by atoms with van der Waals surface area (Å²) >= 11 is 0. The van der Waals surface area contributed by atoms with E-state index in [0.29, 0.717) is 28.5 Å². The standard InChI is InChI=1S/C18H15FN4O/c1-12-10-17(23-20-11-13-6-2-4-8-15(13)19)22-18(21-12)14-7-3-5-9-16(14)24/h2-11,24H,1H3,(H,21,22,23)/b20-11+. The molecule has 3 rings (SSSR count). The Hall–Kier alpha value is -3.28. The second-order valence-electron chi connectivity index (χ2n) is 5.13. The molecule has 0 fully saturated rings. The zero-order valence-corrected chi connectivity index (χ0v) is 12.9. The number of aryl methyl sites for hydroxylation is 1. The van der Waals surface area contributed by atoms with Crippen LogP contribution in [0.2, 0.25) is 0 Å². The number of phenols is 1. The van der Waals surface area contributed by atoms with Crippen LogP contribution >= 0.6 is 0 Å². The first kappa shape index (κ1) is 15.6. The smallest absolute Gasteiger partial charge is 0.165 e. The number of nitrogens with one attached hydrogen (secondary N) is 1. The molecule has 0 amide bonds. The van der Waals surface area contributed by atoms with Crippen LogP contribution in [-0.2, 0) is 0 Å². The SMILES string of the molecule is Cc1cc(N/N=C/c2ccccc2F)nc(-c2ccccc2O)n1. The molecule has 0 radical (unpaired) electrons. The summed E-state index contributed by atoms with van der Waals surface area (Å²) in [5.74, 6) is 0.589. The molecule has 0 unspecified atom stereocenters.